The van der Waals surface area contributed by atoms with Gasteiger partial charge in [-0.05, 0) is 18.2 Å². The standard InChI is InChI=1S/C13H12N4OS/c1-14-13-17-16-12(19-13)8-18-10-5-4-9-3-2-6-15-11(9)7-10/h2-7H,8H2,1H3,(H,14,17). The van der Waals surface area contributed by atoms with Crippen molar-refractivity contribution < 1.29 is 4.74 Å². The van der Waals surface area contributed by atoms with Crippen molar-refractivity contribution in [3.8, 4) is 5.75 Å². The summed E-state index contributed by atoms with van der Waals surface area (Å²) in [5.74, 6) is 0.785. The number of hydrogen-bond acceptors (Lipinski definition) is 6. The van der Waals surface area contributed by atoms with E-state index >= 15 is 0 Å². The Hall–Kier alpha value is -2.21. The molecule has 0 aliphatic carbocycles. The highest BCUT2D eigenvalue weighted by molar-refractivity contribution is 7.15. The molecule has 0 aliphatic rings. The maximum absolute atomic E-state index is 5.70. The molecule has 96 valence electrons. The van der Waals surface area contributed by atoms with E-state index in [4.69, 9.17) is 4.74 Å². The third-order valence-corrected chi connectivity index (χ3v) is 3.53. The minimum absolute atomic E-state index is 0.414. The Kier molecular flexibility index (Phi) is 3.24. The predicted octanol–water partition coefficient (Wildman–Crippen LogP) is 2.71. The number of aromatic nitrogens is 3. The molecule has 0 saturated heterocycles. The van der Waals surface area contributed by atoms with Gasteiger partial charge in [-0.25, -0.2) is 0 Å². The number of nitrogens with one attached hydrogen (secondary N) is 1. The lowest BCUT2D eigenvalue weighted by molar-refractivity contribution is 0.305. The Morgan fingerprint density at radius 3 is 3.05 bits per heavy atom. The molecular weight excluding hydrogens is 260 g/mol. The lowest BCUT2D eigenvalue weighted by atomic mass is 10.2. The van der Waals surface area contributed by atoms with Crippen molar-refractivity contribution in [1.29, 1.82) is 0 Å². The van der Waals surface area contributed by atoms with E-state index in [1.807, 2.05) is 37.4 Å². The number of fused-ring (bicyclic) bond motifs is 1. The van der Waals surface area contributed by atoms with Gasteiger partial charge < -0.3 is 10.1 Å². The van der Waals surface area contributed by atoms with Crippen molar-refractivity contribution in [2.24, 2.45) is 0 Å². The van der Waals surface area contributed by atoms with Crippen LogP contribution in [0.2, 0.25) is 0 Å². The van der Waals surface area contributed by atoms with Gasteiger partial charge in [-0.2, -0.15) is 0 Å². The quantitative estimate of drug-likeness (QED) is 0.791. The molecule has 0 aliphatic heterocycles. The first kappa shape index (κ1) is 11.9. The predicted molar refractivity (Wildman–Crippen MR) is 75.5 cm³/mol. The van der Waals surface area contributed by atoms with Crippen LogP contribution in [0, 0.1) is 0 Å². The Morgan fingerprint density at radius 1 is 1.26 bits per heavy atom. The van der Waals surface area contributed by atoms with Gasteiger partial charge in [-0.1, -0.05) is 17.4 Å². The summed E-state index contributed by atoms with van der Waals surface area (Å²) in [6.45, 7) is 0.414. The molecule has 0 saturated carbocycles. The number of pyridine rings is 1. The molecule has 0 fully saturated rings. The number of rotatable bonds is 4. The van der Waals surface area contributed by atoms with Crippen LogP contribution >= 0.6 is 11.3 Å². The van der Waals surface area contributed by atoms with Crippen LogP contribution < -0.4 is 10.1 Å². The average Bonchev–Trinajstić information content (AvgIpc) is 2.93. The molecule has 5 nitrogen and oxygen atoms in total. The summed E-state index contributed by atoms with van der Waals surface area (Å²) in [5.41, 5.74) is 0.924. The SMILES string of the molecule is CNc1nnc(COc2ccc3cccnc3c2)s1. The minimum Gasteiger partial charge on any atom is -0.486 e. The van der Waals surface area contributed by atoms with E-state index in [0.717, 1.165) is 26.8 Å². The zero-order valence-corrected chi connectivity index (χ0v) is 11.1. The summed E-state index contributed by atoms with van der Waals surface area (Å²) in [6.07, 6.45) is 1.77. The monoisotopic (exact) mass is 272 g/mol. The van der Waals surface area contributed by atoms with Gasteiger partial charge in [0, 0.05) is 24.7 Å². The summed E-state index contributed by atoms with van der Waals surface area (Å²) in [6, 6.07) is 9.80. The molecule has 0 bridgehead atoms. The Morgan fingerprint density at radius 2 is 2.21 bits per heavy atom. The molecular formula is C13H12N4OS. The van der Waals surface area contributed by atoms with Gasteiger partial charge in [-0.15, -0.1) is 10.2 Å². The normalized spacial score (nSPS) is 10.6. The largest absolute Gasteiger partial charge is 0.486 e. The van der Waals surface area contributed by atoms with Gasteiger partial charge in [0.05, 0.1) is 5.52 Å². The summed E-state index contributed by atoms with van der Waals surface area (Å²) in [5, 5.41) is 13.7. The third kappa shape index (κ3) is 2.63. The molecule has 1 aromatic carbocycles. The summed E-state index contributed by atoms with van der Waals surface area (Å²) in [7, 11) is 1.82. The zero-order chi connectivity index (χ0) is 13.1. The molecule has 1 N–H and O–H groups in total. The van der Waals surface area contributed by atoms with Crippen molar-refractivity contribution in [2.75, 3.05) is 12.4 Å². The first-order valence-corrected chi connectivity index (χ1v) is 6.64. The fraction of sp³-hybridized carbons (Fsp3) is 0.154. The summed E-state index contributed by atoms with van der Waals surface area (Å²) in [4.78, 5) is 4.30. The number of nitrogens with zero attached hydrogens (tertiary/aromatic N) is 3. The topological polar surface area (TPSA) is 59.9 Å². The summed E-state index contributed by atoms with van der Waals surface area (Å²) < 4.78 is 5.70. The van der Waals surface area contributed by atoms with Crippen LogP contribution in [0.4, 0.5) is 5.13 Å². The van der Waals surface area contributed by atoms with Gasteiger partial charge in [-0.3, -0.25) is 4.98 Å². The maximum atomic E-state index is 5.70. The molecule has 0 radical (unpaired) electrons. The lowest BCUT2D eigenvalue weighted by Crippen LogP contribution is -1.94. The van der Waals surface area contributed by atoms with Gasteiger partial charge in [0.1, 0.15) is 12.4 Å². The van der Waals surface area contributed by atoms with E-state index in [1.165, 1.54) is 11.3 Å². The number of ether oxygens (including phenoxy) is 1. The van der Waals surface area contributed by atoms with E-state index in [2.05, 4.69) is 20.5 Å². The van der Waals surface area contributed by atoms with Crippen molar-refractivity contribution in [3.05, 3.63) is 41.5 Å². The van der Waals surface area contributed by atoms with E-state index in [9.17, 15) is 0 Å². The maximum Gasteiger partial charge on any atom is 0.205 e. The van der Waals surface area contributed by atoms with Crippen LogP contribution in [0.5, 0.6) is 5.75 Å². The van der Waals surface area contributed by atoms with Crippen LogP contribution in [-0.4, -0.2) is 22.2 Å². The molecule has 3 rings (SSSR count). The van der Waals surface area contributed by atoms with E-state index in [1.54, 1.807) is 6.20 Å². The molecule has 3 aromatic rings. The van der Waals surface area contributed by atoms with Crippen molar-refractivity contribution >= 4 is 27.4 Å². The second kappa shape index (κ2) is 5.19. The zero-order valence-electron chi connectivity index (χ0n) is 10.3. The molecule has 6 heteroatoms. The van der Waals surface area contributed by atoms with Crippen molar-refractivity contribution in [3.63, 3.8) is 0 Å². The van der Waals surface area contributed by atoms with Crippen LogP contribution in [-0.2, 0) is 6.61 Å². The van der Waals surface area contributed by atoms with Crippen LogP contribution in [0.25, 0.3) is 10.9 Å². The molecule has 2 heterocycles. The molecule has 2 aromatic heterocycles. The Labute approximate surface area is 114 Å². The van der Waals surface area contributed by atoms with Gasteiger partial charge in [0.2, 0.25) is 5.13 Å². The molecule has 0 spiro atoms. The Bertz CT molecular complexity index is 698. The minimum atomic E-state index is 0.414. The molecule has 0 amide bonds. The highest BCUT2D eigenvalue weighted by Gasteiger charge is 2.04. The van der Waals surface area contributed by atoms with Gasteiger partial charge in [0.15, 0.2) is 5.01 Å². The van der Waals surface area contributed by atoms with Gasteiger partial charge >= 0.3 is 0 Å². The first-order chi connectivity index (χ1) is 9.35. The molecule has 0 unspecified atom stereocenters. The van der Waals surface area contributed by atoms with E-state index < -0.39 is 0 Å². The first-order valence-electron chi connectivity index (χ1n) is 5.83. The second-order valence-corrected chi connectivity index (χ2v) is 4.96. The van der Waals surface area contributed by atoms with E-state index in [0.29, 0.717) is 6.61 Å². The van der Waals surface area contributed by atoms with Crippen molar-refractivity contribution in [1.82, 2.24) is 15.2 Å². The lowest BCUT2D eigenvalue weighted by Gasteiger charge is -2.04. The van der Waals surface area contributed by atoms with E-state index in [-0.39, 0.29) is 0 Å². The van der Waals surface area contributed by atoms with Crippen LogP contribution in [0.3, 0.4) is 0 Å². The number of benzene rings is 1. The smallest absolute Gasteiger partial charge is 0.205 e. The molecule has 0 atom stereocenters. The number of anilines is 1. The fourth-order valence-electron chi connectivity index (χ4n) is 1.69. The van der Waals surface area contributed by atoms with Crippen molar-refractivity contribution in [2.45, 2.75) is 6.61 Å². The highest BCUT2D eigenvalue weighted by atomic mass is 32.1. The number of hydrogen-bond donors (Lipinski definition) is 1. The van der Waals surface area contributed by atoms with Crippen LogP contribution in [0.1, 0.15) is 5.01 Å². The molecule has 19 heavy (non-hydrogen) atoms. The Balaban J connectivity index is 1.74. The van der Waals surface area contributed by atoms with Crippen LogP contribution in [0.15, 0.2) is 36.5 Å². The highest BCUT2D eigenvalue weighted by Crippen LogP contribution is 2.21. The average molecular weight is 272 g/mol. The third-order valence-electron chi connectivity index (χ3n) is 2.62. The summed E-state index contributed by atoms with van der Waals surface area (Å²) >= 11 is 1.48. The second-order valence-electron chi connectivity index (χ2n) is 3.90. The van der Waals surface area contributed by atoms with Gasteiger partial charge in [0.25, 0.3) is 0 Å². The fourth-order valence-corrected chi connectivity index (χ4v) is 2.30.